The highest BCUT2D eigenvalue weighted by molar-refractivity contribution is 5.81. The first-order valence-electron chi connectivity index (χ1n) is 6.19. The molecule has 19 heavy (non-hydrogen) atoms. The number of esters is 1. The van der Waals surface area contributed by atoms with Gasteiger partial charge in [-0.25, -0.2) is 4.79 Å². The zero-order chi connectivity index (χ0) is 14.3. The monoisotopic (exact) mass is 264 g/mol. The standard InChI is InChI=1S/C14H20N2O3/c1-11(2)15-14(18)16(10-13(17)19-3)9-12-7-5-4-6-8-12/h4-8,11H,9-10H2,1-3H3,(H,15,18). The number of methoxy groups -OCH3 is 1. The molecule has 1 aromatic carbocycles. The summed E-state index contributed by atoms with van der Waals surface area (Å²) >= 11 is 0. The number of nitrogens with one attached hydrogen (secondary N) is 1. The lowest BCUT2D eigenvalue weighted by molar-refractivity contribution is -0.141. The van der Waals surface area contributed by atoms with E-state index in [4.69, 9.17) is 0 Å². The fraction of sp³-hybridized carbons (Fsp3) is 0.429. The molecule has 0 spiro atoms. The molecule has 1 aromatic rings. The Kier molecular flexibility index (Phi) is 5.85. The summed E-state index contributed by atoms with van der Waals surface area (Å²) in [5.74, 6) is -0.435. The number of carbonyl (C=O) groups is 2. The number of ether oxygens (including phenoxy) is 1. The Morgan fingerprint density at radius 2 is 1.89 bits per heavy atom. The van der Waals surface area contributed by atoms with Crippen molar-refractivity contribution < 1.29 is 14.3 Å². The van der Waals surface area contributed by atoms with Gasteiger partial charge in [0.05, 0.1) is 7.11 Å². The van der Waals surface area contributed by atoms with Gasteiger partial charge in [0, 0.05) is 12.6 Å². The topological polar surface area (TPSA) is 58.6 Å². The Morgan fingerprint density at radius 3 is 2.42 bits per heavy atom. The van der Waals surface area contributed by atoms with Crippen molar-refractivity contribution in [1.82, 2.24) is 10.2 Å². The molecule has 0 atom stereocenters. The van der Waals surface area contributed by atoms with Crippen LogP contribution in [0.2, 0.25) is 0 Å². The fourth-order valence-electron chi connectivity index (χ4n) is 1.56. The third kappa shape index (κ3) is 5.42. The van der Waals surface area contributed by atoms with E-state index in [-0.39, 0.29) is 18.6 Å². The maximum absolute atomic E-state index is 12.0. The van der Waals surface area contributed by atoms with Crippen molar-refractivity contribution in [2.45, 2.75) is 26.4 Å². The molecule has 0 aromatic heterocycles. The minimum Gasteiger partial charge on any atom is -0.468 e. The van der Waals surface area contributed by atoms with Crippen molar-refractivity contribution in [3.63, 3.8) is 0 Å². The van der Waals surface area contributed by atoms with Crippen LogP contribution in [0.3, 0.4) is 0 Å². The molecule has 0 aliphatic heterocycles. The summed E-state index contributed by atoms with van der Waals surface area (Å²) in [7, 11) is 1.31. The number of amides is 2. The molecule has 5 heteroatoms. The smallest absolute Gasteiger partial charge is 0.325 e. The third-order valence-corrected chi connectivity index (χ3v) is 2.46. The number of hydrogen-bond donors (Lipinski definition) is 1. The van der Waals surface area contributed by atoms with E-state index >= 15 is 0 Å². The van der Waals surface area contributed by atoms with Gasteiger partial charge in [0.15, 0.2) is 0 Å². The minimum atomic E-state index is -0.435. The van der Waals surface area contributed by atoms with Gasteiger partial charge in [-0.3, -0.25) is 4.79 Å². The Bertz CT molecular complexity index is 418. The largest absolute Gasteiger partial charge is 0.468 e. The van der Waals surface area contributed by atoms with Gasteiger partial charge in [0.25, 0.3) is 0 Å². The number of nitrogens with zero attached hydrogens (tertiary/aromatic N) is 1. The van der Waals surface area contributed by atoms with Gasteiger partial charge in [-0.05, 0) is 19.4 Å². The molecule has 0 fully saturated rings. The molecule has 1 N–H and O–H groups in total. The van der Waals surface area contributed by atoms with E-state index in [9.17, 15) is 9.59 Å². The van der Waals surface area contributed by atoms with Crippen molar-refractivity contribution in [3.8, 4) is 0 Å². The van der Waals surface area contributed by atoms with E-state index in [2.05, 4.69) is 10.1 Å². The van der Waals surface area contributed by atoms with Crippen LogP contribution in [-0.2, 0) is 16.1 Å². The van der Waals surface area contributed by atoms with Crippen LogP contribution in [0.1, 0.15) is 19.4 Å². The maximum Gasteiger partial charge on any atom is 0.325 e. The van der Waals surface area contributed by atoms with Crippen molar-refractivity contribution in [2.75, 3.05) is 13.7 Å². The van der Waals surface area contributed by atoms with Gasteiger partial charge < -0.3 is 15.0 Å². The summed E-state index contributed by atoms with van der Waals surface area (Å²) in [5, 5.41) is 2.77. The van der Waals surface area contributed by atoms with Gasteiger partial charge >= 0.3 is 12.0 Å². The third-order valence-electron chi connectivity index (χ3n) is 2.46. The average molecular weight is 264 g/mol. The highest BCUT2D eigenvalue weighted by atomic mass is 16.5. The first-order chi connectivity index (χ1) is 9.02. The molecule has 0 aliphatic rings. The van der Waals surface area contributed by atoms with Gasteiger partial charge in [0.1, 0.15) is 6.54 Å². The summed E-state index contributed by atoms with van der Waals surface area (Å²) in [4.78, 5) is 24.8. The van der Waals surface area contributed by atoms with Crippen LogP contribution in [0.25, 0.3) is 0 Å². The molecule has 0 saturated heterocycles. The van der Waals surface area contributed by atoms with Gasteiger partial charge in [-0.1, -0.05) is 30.3 Å². The van der Waals surface area contributed by atoms with Gasteiger partial charge in [-0.15, -0.1) is 0 Å². The number of rotatable bonds is 5. The summed E-state index contributed by atoms with van der Waals surface area (Å²) < 4.78 is 4.61. The van der Waals surface area contributed by atoms with Gasteiger partial charge in [-0.2, -0.15) is 0 Å². The fourth-order valence-corrected chi connectivity index (χ4v) is 1.56. The molecular formula is C14H20N2O3. The Hall–Kier alpha value is -2.04. The van der Waals surface area contributed by atoms with Crippen LogP contribution in [0.15, 0.2) is 30.3 Å². The second-order valence-corrected chi connectivity index (χ2v) is 4.52. The van der Waals surface area contributed by atoms with Crippen LogP contribution < -0.4 is 5.32 Å². The lowest BCUT2D eigenvalue weighted by Crippen LogP contribution is -2.45. The Morgan fingerprint density at radius 1 is 1.26 bits per heavy atom. The Labute approximate surface area is 113 Å². The van der Waals surface area contributed by atoms with Crippen LogP contribution >= 0.6 is 0 Å². The molecule has 0 aliphatic carbocycles. The molecule has 0 radical (unpaired) electrons. The first kappa shape index (κ1) is 15.0. The average Bonchev–Trinajstić information content (AvgIpc) is 2.38. The van der Waals surface area contributed by atoms with Crippen LogP contribution in [0.5, 0.6) is 0 Å². The van der Waals surface area contributed by atoms with E-state index < -0.39 is 5.97 Å². The van der Waals surface area contributed by atoms with Crippen molar-refractivity contribution >= 4 is 12.0 Å². The predicted molar refractivity (Wildman–Crippen MR) is 72.5 cm³/mol. The van der Waals surface area contributed by atoms with Crippen molar-refractivity contribution in [1.29, 1.82) is 0 Å². The van der Waals surface area contributed by atoms with Crippen LogP contribution in [0, 0.1) is 0 Å². The zero-order valence-electron chi connectivity index (χ0n) is 11.6. The minimum absolute atomic E-state index is 0.0171. The highest BCUT2D eigenvalue weighted by Gasteiger charge is 2.18. The first-order valence-corrected chi connectivity index (χ1v) is 6.19. The number of hydrogen-bond acceptors (Lipinski definition) is 3. The summed E-state index contributed by atoms with van der Waals surface area (Å²) in [6.07, 6.45) is 0. The van der Waals surface area contributed by atoms with Crippen LogP contribution in [0.4, 0.5) is 4.79 Å². The summed E-state index contributed by atoms with van der Waals surface area (Å²) in [5.41, 5.74) is 0.963. The lowest BCUT2D eigenvalue weighted by Gasteiger charge is -2.23. The molecule has 0 unspecified atom stereocenters. The molecule has 0 heterocycles. The molecule has 104 valence electrons. The SMILES string of the molecule is COC(=O)CN(Cc1ccccc1)C(=O)NC(C)C. The van der Waals surface area contributed by atoms with E-state index in [0.717, 1.165) is 5.56 Å². The normalized spacial score (nSPS) is 10.1. The second kappa shape index (κ2) is 7.41. The molecular weight excluding hydrogens is 244 g/mol. The van der Waals surface area contributed by atoms with E-state index in [0.29, 0.717) is 6.54 Å². The molecule has 2 amide bonds. The molecule has 5 nitrogen and oxygen atoms in total. The number of carbonyl (C=O) groups excluding carboxylic acids is 2. The van der Waals surface area contributed by atoms with Gasteiger partial charge in [0.2, 0.25) is 0 Å². The van der Waals surface area contributed by atoms with E-state index in [1.807, 2.05) is 44.2 Å². The Balaban J connectivity index is 2.74. The zero-order valence-corrected chi connectivity index (χ0v) is 11.6. The van der Waals surface area contributed by atoms with E-state index in [1.54, 1.807) is 0 Å². The number of urea groups is 1. The highest BCUT2D eigenvalue weighted by Crippen LogP contribution is 2.05. The summed E-state index contributed by atoms with van der Waals surface area (Å²) in [6.45, 7) is 4.05. The predicted octanol–water partition coefficient (Wildman–Crippen LogP) is 1.78. The summed E-state index contributed by atoms with van der Waals surface area (Å²) in [6, 6.07) is 9.26. The van der Waals surface area contributed by atoms with E-state index in [1.165, 1.54) is 12.0 Å². The van der Waals surface area contributed by atoms with Crippen molar-refractivity contribution in [3.05, 3.63) is 35.9 Å². The maximum atomic E-state index is 12.0. The molecule has 1 rings (SSSR count). The van der Waals surface area contributed by atoms with Crippen molar-refractivity contribution in [2.24, 2.45) is 0 Å². The quantitative estimate of drug-likeness (QED) is 0.825. The van der Waals surface area contributed by atoms with Crippen LogP contribution in [-0.4, -0.2) is 36.6 Å². The molecule has 0 saturated carbocycles. The number of benzene rings is 1. The second-order valence-electron chi connectivity index (χ2n) is 4.52. The lowest BCUT2D eigenvalue weighted by atomic mass is 10.2. The molecule has 0 bridgehead atoms.